The number of nitro benzene ring substituents is 1. The number of carboxylic acids is 1. The average molecular weight is 333 g/mol. The molecule has 0 radical (unpaired) electrons. The van der Waals surface area contributed by atoms with Crippen LogP contribution in [0.15, 0.2) is 24.4 Å². The molecule has 3 rings (SSSR count). The van der Waals surface area contributed by atoms with E-state index in [0.717, 1.165) is 43.8 Å². The maximum atomic E-state index is 11.1. The van der Waals surface area contributed by atoms with E-state index in [9.17, 15) is 15.2 Å². The summed E-state index contributed by atoms with van der Waals surface area (Å²) in [5.74, 6) is -1.18. The van der Waals surface area contributed by atoms with Crippen LogP contribution in [0.5, 0.6) is 5.75 Å². The van der Waals surface area contributed by atoms with Crippen molar-refractivity contribution in [3.8, 4) is 5.75 Å². The van der Waals surface area contributed by atoms with E-state index in [1.54, 1.807) is 6.07 Å². The molecule has 1 saturated heterocycles. The highest BCUT2D eigenvalue weighted by Crippen LogP contribution is 2.36. The van der Waals surface area contributed by atoms with Gasteiger partial charge in [0.1, 0.15) is 5.52 Å². The van der Waals surface area contributed by atoms with Crippen LogP contribution in [-0.4, -0.2) is 44.1 Å². The Morgan fingerprint density at radius 2 is 2.04 bits per heavy atom. The van der Waals surface area contributed by atoms with E-state index in [0.29, 0.717) is 12.1 Å². The van der Waals surface area contributed by atoms with E-state index in [-0.39, 0.29) is 11.4 Å². The molecule has 8 nitrogen and oxygen atoms in total. The summed E-state index contributed by atoms with van der Waals surface area (Å²) in [6.45, 7) is 3.76. The van der Waals surface area contributed by atoms with Gasteiger partial charge < -0.3 is 10.2 Å². The molecule has 1 aromatic carbocycles. The lowest BCUT2D eigenvalue weighted by Crippen LogP contribution is -2.18. The monoisotopic (exact) mass is 333 g/mol. The molecule has 0 saturated carbocycles. The second kappa shape index (κ2) is 7.69. The number of nitrogens with zero attached hydrogens (tertiary/aromatic N) is 3. The number of aliphatic carboxylic acids is 1. The van der Waals surface area contributed by atoms with E-state index in [4.69, 9.17) is 9.90 Å². The quantitative estimate of drug-likeness (QED) is 0.654. The molecule has 0 atom stereocenters. The predicted molar refractivity (Wildman–Crippen MR) is 87.9 cm³/mol. The third-order valence-electron chi connectivity index (χ3n) is 3.72. The molecule has 1 fully saturated rings. The predicted octanol–water partition coefficient (Wildman–Crippen LogP) is 2.54. The van der Waals surface area contributed by atoms with Crippen molar-refractivity contribution in [2.45, 2.75) is 26.3 Å². The molecule has 1 aromatic heterocycles. The normalized spacial score (nSPS) is 14.2. The Bertz CT molecular complexity index is 753. The van der Waals surface area contributed by atoms with Crippen molar-refractivity contribution in [2.75, 3.05) is 13.1 Å². The van der Waals surface area contributed by atoms with Gasteiger partial charge in [-0.05, 0) is 37.6 Å². The molecule has 0 bridgehead atoms. The smallest absolute Gasteiger partial charge is 0.313 e. The fourth-order valence-electron chi connectivity index (χ4n) is 2.74. The molecule has 24 heavy (non-hydrogen) atoms. The number of fused-ring (bicyclic) bond motifs is 1. The fourth-order valence-corrected chi connectivity index (χ4v) is 2.74. The van der Waals surface area contributed by atoms with Crippen molar-refractivity contribution in [2.24, 2.45) is 0 Å². The maximum Gasteiger partial charge on any atom is 0.313 e. The Morgan fingerprint density at radius 1 is 1.42 bits per heavy atom. The van der Waals surface area contributed by atoms with Crippen LogP contribution >= 0.6 is 0 Å². The number of likely N-dealkylation sites (tertiary alicyclic amines) is 1. The maximum absolute atomic E-state index is 11.1. The van der Waals surface area contributed by atoms with Crippen LogP contribution in [0.2, 0.25) is 0 Å². The zero-order valence-corrected chi connectivity index (χ0v) is 13.3. The van der Waals surface area contributed by atoms with Crippen LogP contribution in [0.4, 0.5) is 5.69 Å². The minimum absolute atomic E-state index is 0.273. The fraction of sp³-hybridized carbons (Fsp3) is 0.375. The van der Waals surface area contributed by atoms with Crippen molar-refractivity contribution < 1.29 is 19.9 Å². The first-order chi connectivity index (χ1) is 11.4. The Labute approximate surface area is 138 Å². The molecule has 8 heteroatoms. The lowest BCUT2D eigenvalue weighted by atomic mass is 10.1. The third-order valence-corrected chi connectivity index (χ3v) is 3.72. The summed E-state index contributed by atoms with van der Waals surface area (Å²) in [7, 11) is 0. The van der Waals surface area contributed by atoms with Crippen LogP contribution in [0.25, 0.3) is 10.9 Å². The van der Waals surface area contributed by atoms with Crippen molar-refractivity contribution in [3.05, 3.63) is 40.1 Å². The SMILES string of the molecule is CC(=O)O.O=[N+]([O-])c1cc(CN2CCCC2)c2cccnc2c1O. The summed E-state index contributed by atoms with van der Waals surface area (Å²) in [5.41, 5.74) is 0.876. The van der Waals surface area contributed by atoms with E-state index in [1.165, 1.54) is 12.3 Å². The van der Waals surface area contributed by atoms with Crippen molar-refractivity contribution in [3.63, 3.8) is 0 Å². The van der Waals surface area contributed by atoms with Gasteiger partial charge >= 0.3 is 5.69 Å². The van der Waals surface area contributed by atoms with E-state index < -0.39 is 10.9 Å². The van der Waals surface area contributed by atoms with Gasteiger partial charge in [-0.3, -0.25) is 24.8 Å². The minimum atomic E-state index is -0.833. The highest BCUT2D eigenvalue weighted by atomic mass is 16.6. The molecular formula is C16H19N3O5. The minimum Gasteiger partial charge on any atom is -0.501 e. The van der Waals surface area contributed by atoms with Crippen LogP contribution in [-0.2, 0) is 11.3 Å². The average Bonchev–Trinajstić information content (AvgIpc) is 3.02. The molecule has 0 spiro atoms. The number of hydrogen-bond donors (Lipinski definition) is 2. The van der Waals surface area contributed by atoms with Gasteiger partial charge in [0, 0.05) is 31.1 Å². The van der Waals surface area contributed by atoms with Gasteiger partial charge in [0.2, 0.25) is 5.75 Å². The molecule has 0 amide bonds. The summed E-state index contributed by atoms with van der Waals surface area (Å²) in [6.07, 6.45) is 3.86. The van der Waals surface area contributed by atoms with E-state index >= 15 is 0 Å². The number of aromatic nitrogens is 1. The lowest BCUT2D eigenvalue weighted by molar-refractivity contribution is -0.385. The topological polar surface area (TPSA) is 117 Å². The number of nitro groups is 1. The van der Waals surface area contributed by atoms with Crippen LogP contribution in [0.3, 0.4) is 0 Å². The standard InChI is InChI=1S/C14H15N3O3.C2H4O2/c18-14-12(17(19)20)8-10(9-16-6-1-2-7-16)11-4-3-5-15-13(11)14;1-2(3)4/h3-5,8,18H,1-2,6-7,9H2;1H3,(H,3,4). The zero-order valence-electron chi connectivity index (χ0n) is 13.3. The van der Waals surface area contributed by atoms with Gasteiger partial charge in [-0.1, -0.05) is 6.07 Å². The number of carbonyl (C=O) groups is 1. The summed E-state index contributed by atoms with van der Waals surface area (Å²) in [6, 6.07) is 5.09. The van der Waals surface area contributed by atoms with Crippen molar-refractivity contribution >= 4 is 22.6 Å². The summed E-state index contributed by atoms with van der Waals surface area (Å²) in [4.78, 5) is 25.9. The molecular weight excluding hydrogens is 314 g/mol. The van der Waals surface area contributed by atoms with Gasteiger partial charge in [-0.25, -0.2) is 0 Å². The van der Waals surface area contributed by atoms with Crippen LogP contribution in [0, 0.1) is 10.1 Å². The number of phenolic OH excluding ortho intramolecular Hbond substituents is 1. The molecule has 1 aliphatic rings. The third kappa shape index (κ3) is 4.17. The highest BCUT2D eigenvalue weighted by molar-refractivity contribution is 5.90. The Balaban J connectivity index is 0.000000471. The van der Waals surface area contributed by atoms with Gasteiger partial charge in [0.25, 0.3) is 5.97 Å². The van der Waals surface area contributed by atoms with E-state index in [2.05, 4.69) is 9.88 Å². The van der Waals surface area contributed by atoms with E-state index in [1.807, 2.05) is 6.07 Å². The van der Waals surface area contributed by atoms with Crippen LogP contribution < -0.4 is 0 Å². The second-order valence-corrected chi connectivity index (χ2v) is 5.56. The van der Waals surface area contributed by atoms with Crippen LogP contribution in [0.1, 0.15) is 25.3 Å². The summed E-state index contributed by atoms with van der Waals surface area (Å²) < 4.78 is 0. The lowest BCUT2D eigenvalue weighted by Gasteiger charge is -2.16. The molecule has 0 aliphatic carbocycles. The van der Waals surface area contributed by atoms with Crippen molar-refractivity contribution in [1.82, 2.24) is 9.88 Å². The number of benzene rings is 1. The largest absolute Gasteiger partial charge is 0.501 e. The first-order valence-corrected chi connectivity index (χ1v) is 7.56. The number of hydrogen-bond acceptors (Lipinski definition) is 6. The van der Waals surface area contributed by atoms with Gasteiger partial charge in [0.15, 0.2) is 0 Å². The Kier molecular flexibility index (Phi) is 5.64. The Hall–Kier alpha value is -2.74. The molecule has 2 N–H and O–H groups in total. The summed E-state index contributed by atoms with van der Waals surface area (Å²) >= 11 is 0. The molecule has 1 aliphatic heterocycles. The first kappa shape index (κ1) is 17.6. The second-order valence-electron chi connectivity index (χ2n) is 5.56. The number of phenols is 1. The summed E-state index contributed by atoms with van der Waals surface area (Å²) in [5, 5.41) is 29.2. The number of aromatic hydroxyl groups is 1. The molecule has 0 unspecified atom stereocenters. The van der Waals surface area contributed by atoms with Gasteiger partial charge in [-0.15, -0.1) is 0 Å². The molecule has 128 valence electrons. The molecule has 2 aromatic rings. The number of rotatable bonds is 3. The highest BCUT2D eigenvalue weighted by Gasteiger charge is 2.22. The Morgan fingerprint density at radius 3 is 2.62 bits per heavy atom. The van der Waals surface area contributed by atoms with Gasteiger partial charge in [-0.2, -0.15) is 0 Å². The zero-order chi connectivity index (χ0) is 17.7. The number of pyridine rings is 1. The van der Waals surface area contributed by atoms with Gasteiger partial charge in [0.05, 0.1) is 4.92 Å². The number of carboxylic acid groups (broad SMARTS) is 1. The first-order valence-electron chi connectivity index (χ1n) is 7.56. The molecule has 2 heterocycles. The van der Waals surface area contributed by atoms with Crippen molar-refractivity contribution in [1.29, 1.82) is 0 Å².